The molecule has 0 aliphatic heterocycles. The summed E-state index contributed by atoms with van der Waals surface area (Å²) in [5, 5.41) is 2.14. The van der Waals surface area contributed by atoms with Gasteiger partial charge in [0.25, 0.3) is 5.91 Å². The van der Waals surface area contributed by atoms with Crippen LogP contribution in [0, 0.1) is 6.92 Å². The summed E-state index contributed by atoms with van der Waals surface area (Å²) in [5.41, 5.74) is 0.716. The van der Waals surface area contributed by atoms with Crippen molar-refractivity contribution in [3.05, 3.63) is 73.7 Å². The molecule has 0 heterocycles. The Kier molecular flexibility index (Phi) is 9.90. The summed E-state index contributed by atoms with van der Waals surface area (Å²) in [6, 6.07) is 5.56. The molecule has 1 amide bonds. The summed E-state index contributed by atoms with van der Waals surface area (Å²) in [5.74, 6) is -3.73. The van der Waals surface area contributed by atoms with E-state index in [2.05, 4.69) is 5.32 Å². The van der Waals surface area contributed by atoms with Crippen molar-refractivity contribution in [2.75, 3.05) is 0 Å². The van der Waals surface area contributed by atoms with Crippen LogP contribution < -0.4 is 5.32 Å². The molecule has 2 rings (SSSR count). The number of nitrogens with one attached hydrogen (secondary N) is 1. The van der Waals surface area contributed by atoms with Crippen molar-refractivity contribution in [1.82, 2.24) is 5.32 Å². The lowest BCUT2D eigenvalue weighted by Gasteiger charge is -2.18. The average Bonchev–Trinajstić information content (AvgIpc) is 2.69. The molecule has 0 bridgehead atoms. The number of aryl methyl sites for hydroxylation is 1. The van der Waals surface area contributed by atoms with E-state index in [1.165, 1.54) is 31.2 Å². The lowest BCUT2D eigenvalue weighted by atomic mass is 9.96. The molecule has 1 unspecified atom stereocenters. The van der Waals surface area contributed by atoms with Gasteiger partial charge in [0.1, 0.15) is 12.2 Å². The Bertz CT molecular complexity index is 1140. The second kappa shape index (κ2) is 11.9. The van der Waals surface area contributed by atoms with Gasteiger partial charge in [-0.05, 0) is 48.7 Å². The predicted octanol–water partition coefficient (Wildman–Crippen LogP) is 8.34. The van der Waals surface area contributed by atoms with E-state index in [4.69, 9.17) is 34.8 Å². The van der Waals surface area contributed by atoms with Crippen molar-refractivity contribution in [2.24, 2.45) is 0 Å². The van der Waals surface area contributed by atoms with Crippen LogP contribution in [0.5, 0.6) is 0 Å². The molecule has 196 valence electrons. The first kappa shape index (κ1) is 30.0. The molecule has 2 atom stereocenters. The lowest BCUT2D eigenvalue weighted by Crippen LogP contribution is -2.35. The number of ketones is 1. The number of alkyl halides is 6. The van der Waals surface area contributed by atoms with Gasteiger partial charge < -0.3 is 5.32 Å². The minimum atomic E-state index is -4.66. The highest BCUT2D eigenvalue weighted by Gasteiger charge is 2.39. The fourth-order valence-electron chi connectivity index (χ4n) is 3.41. The minimum Gasteiger partial charge on any atom is -0.349 e. The zero-order chi connectivity index (χ0) is 27.4. The maximum absolute atomic E-state index is 13.7. The molecule has 0 aromatic heterocycles. The number of carbonyl (C=O) groups is 2. The molecule has 0 aliphatic carbocycles. The lowest BCUT2D eigenvalue weighted by molar-refractivity contribution is -0.152. The van der Waals surface area contributed by atoms with Crippen LogP contribution in [-0.2, 0) is 4.79 Å². The number of halogens is 9. The summed E-state index contributed by atoms with van der Waals surface area (Å²) in [7, 11) is 0. The van der Waals surface area contributed by atoms with E-state index in [0.717, 1.165) is 18.2 Å². The van der Waals surface area contributed by atoms with Gasteiger partial charge in [0.2, 0.25) is 0 Å². The van der Waals surface area contributed by atoms with Gasteiger partial charge in [0.05, 0.1) is 21.0 Å². The first-order valence-electron chi connectivity index (χ1n) is 10.4. The zero-order valence-electron chi connectivity index (χ0n) is 18.8. The molecule has 2 aromatic carbocycles. The molecule has 2 aromatic rings. The highest BCUT2D eigenvalue weighted by atomic mass is 35.5. The molecular weight excluding hydrogens is 555 g/mol. The van der Waals surface area contributed by atoms with Gasteiger partial charge in [-0.1, -0.05) is 59.1 Å². The molecule has 0 radical (unpaired) electrons. The Morgan fingerprint density at radius 3 is 2.08 bits per heavy atom. The van der Waals surface area contributed by atoms with Crippen LogP contribution in [0.25, 0.3) is 6.08 Å². The Labute approximate surface area is 218 Å². The van der Waals surface area contributed by atoms with Crippen LogP contribution in [-0.4, -0.2) is 30.1 Å². The average molecular weight is 575 g/mol. The van der Waals surface area contributed by atoms with Crippen LogP contribution in [0.4, 0.5) is 26.3 Å². The number of hydrogen-bond donors (Lipinski definition) is 1. The molecular formula is C24H20Cl3F6NO2. The van der Waals surface area contributed by atoms with Gasteiger partial charge >= 0.3 is 12.4 Å². The van der Waals surface area contributed by atoms with Crippen LogP contribution in [0.15, 0.2) is 36.4 Å². The summed E-state index contributed by atoms with van der Waals surface area (Å²) >= 11 is 17.6. The largest absolute Gasteiger partial charge is 0.399 e. The number of amides is 1. The zero-order valence-corrected chi connectivity index (χ0v) is 21.1. The number of rotatable bonds is 8. The Morgan fingerprint density at radius 1 is 1.00 bits per heavy atom. The summed E-state index contributed by atoms with van der Waals surface area (Å²) < 4.78 is 78.1. The monoisotopic (exact) mass is 573 g/mol. The van der Waals surface area contributed by atoms with Crippen molar-refractivity contribution in [3.8, 4) is 0 Å². The number of benzene rings is 2. The van der Waals surface area contributed by atoms with Gasteiger partial charge in [-0.15, -0.1) is 0 Å². The predicted molar refractivity (Wildman–Crippen MR) is 128 cm³/mol. The normalized spacial score (nSPS) is 14.1. The third-order valence-electron chi connectivity index (χ3n) is 5.00. The molecule has 0 saturated carbocycles. The van der Waals surface area contributed by atoms with Gasteiger partial charge in [-0.25, -0.2) is 0 Å². The smallest absolute Gasteiger partial charge is 0.349 e. The van der Waals surface area contributed by atoms with Crippen molar-refractivity contribution in [1.29, 1.82) is 0 Å². The second-order valence-corrected chi connectivity index (χ2v) is 9.35. The van der Waals surface area contributed by atoms with E-state index in [0.29, 0.717) is 11.1 Å². The number of hydrogen-bond acceptors (Lipinski definition) is 2. The quantitative estimate of drug-likeness (QED) is 0.254. The molecule has 0 spiro atoms. The summed E-state index contributed by atoms with van der Waals surface area (Å²) in [6.45, 7) is 2.94. The molecule has 0 aliphatic rings. The van der Waals surface area contributed by atoms with Crippen molar-refractivity contribution < 1.29 is 35.9 Å². The van der Waals surface area contributed by atoms with E-state index in [1.807, 2.05) is 0 Å². The molecule has 0 saturated heterocycles. The Hall–Kier alpha value is -2.23. The number of Topliss-reactive ketones (excluding diaryl/α,β-unsaturated/α-hetero) is 1. The van der Waals surface area contributed by atoms with E-state index in [9.17, 15) is 35.9 Å². The standard InChI is InChI=1S/C24H20Cl3F6NO2/c1-12-7-14(3-5-17(12)22(36)34-13(2)8-16(35)11-23(28,29)30)4-6-18(24(31,32)33)15-9-19(25)21(27)20(26)10-15/h3-7,9-10,13,18H,8,11H2,1-2H3,(H,34,36)/b6-4+/t13-,18?/m1/s1. The maximum atomic E-state index is 13.7. The highest BCUT2D eigenvalue weighted by molar-refractivity contribution is 6.48. The first-order valence-corrected chi connectivity index (χ1v) is 11.5. The molecule has 3 nitrogen and oxygen atoms in total. The SMILES string of the molecule is Cc1cc(/C=C/C(c2cc(Cl)c(Cl)c(Cl)c2)C(F)(F)F)ccc1C(=O)N[C@H](C)CC(=O)CC(F)(F)F. The number of carbonyl (C=O) groups excluding carboxylic acids is 2. The summed E-state index contributed by atoms with van der Waals surface area (Å²) in [4.78, 5) is 24.0. The molecule has 0 fully saturated rings. The maximum Gasteiger partial charge on any atom is 0.399 e. The molecule has 1 N–H and O–H groups in total. The Balaban J connectivity index is 2.18. The van der Waals surface area contributed by atoms with Crippen molar-refractivity contribution >= 4 is 52.6 Å². The third kappa shape index (κ3) is 8.71. The fourth-order valence-corrected chi connectivity index (χ4v) is 4.02. The van der Waals surface area contributed by atoms with Gasteiger partial charge in [0, 0.05) is 18.0 Å². The third-order valence-corrected chi connectivity index (χ3v) is 6.20. The van der Waals surface area contributed by atoms with Crippen LogP contribution in [0.3, 0.4) is 0 Å². The fraction of sp³-hybridized carbons (Fsp3) is 0.333. The second-order valence-electron chi connectivity index (χ2n) is 8.16. The van der Waals surface area contributed by atoms with Crippen LogP contribution >= 0.6 is 34.8 Å². The van der Waals surface area contributed by atoms with Gasteiger partial charge in [-0.2, -0.15) is 26.3 Å². The van der Waals surface area contributed by atoms with E-state index in [1.54, 1.807) is 6.92 Å². The summed E-state index contributed by atoms with van der Waals surface area (Å²) in [6.07, 6.45) is -9.23. The van der Waals surface area contributed by atoms with E-state index >= 15 is 0 Å². The number of allylic oxidation sites excluding steroid dienone is 1. The molecule has 12 heteroatoms. The first-order chi connectivity index (χ1) is 16.5. The van der Waals surface area contributed by atoms with Crippen LogP contribution in [0.1, 0.15) is 52.7 Å². The molecule has 36 heavy (non-hydrogen) atoms. The topological polar surface area (TPSA) is 46.2 Å². The minimum absolute atomic E-state index is 0.0597. The van der Waals surface area contributed by atoms with Gasteiger partial charge in [0.15, 0.2) is 0 Å². The highest BCUT2D eigenvalue weighted by Crippen LogP contribution is 2.41. The van der Waals surface area contributed by atoms with Crippen LogP contribution in [0.2, 0.25) is 15.1 Å². The van der Waals surface area contributed by atoms with E-state index in [-0.39, 0.29) is 26.2 Å². The van der Waals surface area contributed by atoms with E-state index < -0.39 is 48.8 Å². The van der Waals surface area contributed by atoms with Gasteiger partial charge in [-0.3, -0.25) is 9.59 Å². The van der Waals surface area contributed by atoms with Crippen molar-refractivity contribution in [3.63, 3.8) is 0 Å². The van der Waals surface area contributed by atoms with Crippen molar-refractivity contribution in [2.45, 2.75) is 51.0 Å². The Morgan fingerprint density at radius 2 is 1.58 bits per heavy atom.